The lowest BCUT2D eigenvalue weighted by molar-refractivity contribution is -0.127. The fourth-order valence-corrected chi connectivity index (χ4v) is 2.28. The van der Waals surface area contributed by atoms with Gasteiger partial charge in [-0.1, -0.05) is 19.8 Å². The molecule has 0 heterocycles. The predicted molar refractivity (Wildman–Crippen MR) is 60.5 cm³/mol. The van der Waals surface area contributed by atoms with E-state index in [2.05, 4.69) is 9.05 Å². The van der Waals surface area contributed by atoms with E-state index in [9.17, 15) is 13.8 Å². The number of halogens is 1. The molecule has 0 unspecified atom stereocenters. The number of ketones is 1. The number of rotatable bonds is 8. The summed E-state index contributed by atoms with van der Waals surface area (Å²) in [6, 6.07) is 0. The Morgan fingerprint density at radius 2 is 1.88 bits per heavy atom. The van der Waals surface area contributed by atoms with Gasteiger partial charge in [0.25, 0.3) is 0 Å². The first-order valence-electron chi connectivity index (χ1n) is 5.24. The minimum atomic E-state index is -3.46. The van der Waals surface area contributed by atoms with Crippen molar-refractivity contribution < 1.29 is 22.8 Å². The van der Waals surface area contributed by atoms with Crippen LogP contribution in [0.25, 0.3) is 0 Å². The summed E-state index contributed by atoms with van der Waals surface area (Å²) in [5.74, 6) is -0.729. The molecule has 0 rings (SSSR count). The summed E-state index contributed by atoms with van der Waals surface area (Å²) in [6.45, 7) is 3.12. The van der Waals surface area contributed by atoms with Gasteiger partial charge in [0.15, 0.2) is 11.5 Å². The molecule has 0 spiro atoms. The quantitative estimate of drug-likeness (QED) is 0.625. The molecule has 0 aromatic carbocycles. The molecule has 0 saturated carbocycles. The zero-order valence-corrected chi connectivity index (χ0v) is 11.2. The van der Waals surface area contributed by atoms with Crippen molar-refractivity contribution in [1.82, 2.24) is 0 Å². The lowest BCUT2D eigenvalue weighted by atomic mass is 9.97. The number of hydrogen-bond acceptors (Lipinski definition) is 4. The van der Waals surface area contributed by atoms with Gasteiger partial charge < -0.3 is 9.05 Å². The second kappa shape index (κ2) is 6.48. The average molecular weight is 254 g/mol. The summed E-state index contributed by atoms with van der Waals surface area (Å²) in [7, 11) is -1.10. The summed E-state index contributed by atoms with van der Waals surface area (Å²) >= 11 is 0. The van der Waals surface area contributed by atoms with Crippen molar-refractivity contribution >= 4 is 13.4 Å². The van der Waals surface area contributed by atoms with E-state index in [1.54, 1.807) is 0 Å². The highest BCUT2D eigenvalue weighted by molar-refractivity contribution is 7.54. The Bertz CT molecular complexity index is 270. The van der Waals surface area contributed by atoms with Crippen LogP contribution in [0.15, 0.2) is 0 Å². The van der Waals surface area contributed by atoms with Crippen LogP contribution in [0, 0.1) is 0 Å². The van der Waals surface area contributed by atoms with Crippen LogP contribution in [0.2, 0.25) is 0 Å². The standard InChI is InChI=1S/C10H20FO4P/c1-5-6-7-10(2,11)9(12)8-16(13,14-3)15-4/h5-8H2,1-4H3/t10-/m0/s1. The molecule has 0 saturated heterocycles. The van der Waals surface area contributed by atoms with Gasteiger partial charge >= 0.3 is 7.60 Å². The van der Waals surface area contributed by atoms with Crippen molar-refractivity contribution in [2.24, 2.45) is 0 Å². The van der Waals surface area contributed by atoms with E-state index >= 15 is 0 Å². The molecular formula is C10H20FO4P. The first-order valence-corrected chi connectivity index (χ1v) is 6.97. The third-order valence-corrected chi connectivity index (χ3v) is 4.26. The molecule has 0 aromatic heterocycles. The maximum atomic E-state index is 13.9. The van der Waals surface area contributed by atoms with Crippen LogP contribution in [0.4, 0.5) is 4.39 Å². The Labute approximate surface area is 96.0 Å². The van der Waals surface area contributed by atoms with Gasteiger partial charge in [0.05, 0.1) is 0 Å². The first-order chi connectivity index (χ1) is 7.31. The number of carbonyl (C=O) groups is 1. The van der Waals surface area contributed by atoms with Gasteiger partial charge in [0.1, 0.15) is 6.16 Å². The van der Waals surface area contributed by atoms with Crippen molar-refractivity contribution in [1.29, 1.82) is 0 Å². The monoisotopic (exact) mass is 254 g/mol. The van der Waals surface area contributed by atoms with Crippen LogP contribution in [0.5, 0.6) is 0 Å². The molecule has 4 nitrogen and oxygen atoms in total. The Kier molecular flexibility index (Phi) is 6.38. The highest BCUT2D eigenvalue weighted by atomic mass is 31.2. The third kappa shape index (κ3) is 4.73. The minimum Gasteiger partial charge on any atom is -0.312 e. The summed E-state index contributed by atoms with van der Waals surface area (Å²) in [6.07, 6.45) is 1.04. The first kappa shape index (κ1) is 15.8. The van der Waals surface area contributed by atoms with E-state index in [0.29, 0.717) is 6.42 Å². The van der Waals surface area contributed by atoms with Gasteiger partial charge in [-0.3, -0.25) is 9.36 Å². The molecule has 6 heteroatoms. The second-order valence-corrected chi connectivity index (χ2v) is 6.13. The van der Waals surface area contributed by atoms with E-state index < -0.39 is 25.2 Å². The molecule has 0 amide bonds. The summed E-state index contributed by atoms with van der Waals surface area (Å²) in [5.41, 5.74) is -1.96. The van der Waals surface area contributed by atoms with Gasteiger partial charge in [-0.05, 0) is 13.3 Å². The fourth-order valence-electron chi connectivity index (χ4n) is 1.19. The normalized spacial score (nSPS) is 15.8. The molecule has 16 heavy (non-hydrogen) atoms. The Morgan fingerprint density at radius 1 is 1.38 bits per heavy atom. The smallest absolute Gasteiger partial charge is 0.312 e. The fraction of sp³-hybridized carbons (Fsp3) is 0.900. The van der Waals surface area contributed by atoms with Crippen LogP contribution in [0.1, 0.15) is 33.1 Å². The van der Waals surface area contributed by atoms with E-state index in [1.165, 1.54) is 21.1 Å². The summed E-state index contributed by atoms with van der Waals surface area (Å²) in [5, 5.41) is 0. The lowest BCUT2D eigenvalue weighted by Crippen LogP contribution is -2.33. The predicted octanol–water partition coefficient (Wildman–Crippen LogP) is 2.96. The number of unbranched alkanes of at least 4 members (excludes halogenated alkanes) is 1. The topological polar surface area (TPSA) is 52.6 Å². The van der Waals surface area contributed by atoms with Crippen molar-refractivity contribution in [3.05, 3.63) is 0 Å². The molecule has 0 N–H and O–H groups in total. The van der Waals surface area contributed by atoms with Crippen LogP contribution < -0.4 is 0 Å². The van der Waals surface area contributed by atoms with Gasteiger partial charge in [-0.25, -0.2) is 4.39 Å². The maximum absolute atomic E-state index is 13.9. The second-order valence-electron chi connectivity index (χ2n) is 3.86. The molecule has 0 aromatic rings. The van der Waals surface area contributed by atoms with Crippen LogP contribution in [-0.2, 0) is 18.4 Å². The van der Waals surface area contributed by atoms with E-state index in [-0.39, 0.29) is 6.42 Å². The molecular weight excluding hydrogens is 234 g/mol. The summed E-state index contributed by atoms with van der Waals surface area (Å²) < 4.78 is 34.7. The zero-order chi connectivity index (χ0) is 12.8. The highest BCUT2D eigenvalue weighted by Crippen LogP contribution is 2.47. The molecule has 0 bridgehead atoms. The lowest BCUT2D eigenvalue weighted by Gasteiger charge is -2.21. The van der Waals surface area contributed by atoms with Crippen LogP contribution >= 0.6 is 7.60 Å². The molecule has 1 atom stereocenters. The van der Waals surface area contributed by atoms with Crippen molar-refractivity contribution in [3.8, 4) is 0 Å². The molecule has 0 aliphatic heterocycles. The van der Waals surface area contributed by atoms with Crippen molar-refractivity contribution in [2.75, 3.05) is 20.4 Å². The summed E-state index contributed by atoms with van der Waals surface area (Å²) in [4.78, 5) is 11.6. The van der Waals surface area contributed by atoms with E-state index in [4.69, 9.17) is 0 Å². The molecule has 0 aliphatic rings. The number of hydrogen-bond donors (Lipinski definition) is 0. The number of alkyl halides is 1. The molecule has 0 fully saturated rings. The van der Waals surface area contributed by atoms with E-state index in [1.807, 2.05) is 6.92 Å². The van der Waals surface area contributed by atoms with Crippen molar-refractivity contribution in [3.63, 3.8) is 0 Å². The third-order valence-electron chi connectivity index (χ3n) is 2.47. The Morgan fingerprint density at radius 3 is 2.25 bits per heavy atom. The van der Waals surface area contributed by atoms with Gasteiger partial charge in [0, 0.05) is 14.2 Å². The largest absolute Gasteiger partial charge is 0.337 e. The van der Waals surface area contributed by atoms with Gasteiger partial charge in [-0.15, -0.1) is 0 Å². The zero-order valence-electron chi connectivity index (χ0n) is 10.3. The average Bonchev–Trinajstić information content (AvgIpc) is 2.26. The van der Waals surface area contributed by atoms with Crippen LogP contribution in [0.3, 0.4) is 0 Å². The highest BCUT2D eigenvalue weighted by Gasteiger charge is 2.37. The molecule has 96 valence electrons. The maximum Gasteiger partial charge on any atom is 0.337 e. The van der Waals surface area contributed by atoms with Crippen LogP contribution in [-0.4, -0.2) is 31.8 Å². The number of carbonyl (C=O) groups excluding carboxylic acids is 1. The SMILES string of the molecule is CCCC[C@](C)(F)C(=O)CP(=O)(OC)OC. The van der Waals surface area contributed by atoms with Crippen molar-refractivity contribution in [2.45, 2.75) is 38.8 Å². The minimum absolute atomic E-state index is 0.135. The Hall–Kier alpha value is -0.250. The number of Topliss-reactive ketones (excluding diaryl/α,β-unsaturated/α-hetero) is 1. The molecule has 0 radical (unpaired) electrons. The van der Waals surface area contributed by atoms with Gasteiger partial charge in [-0.2, -0.15) is 0 Å². The van der Waals surface area contributed by atoms with Gasteiger partial charge in [0.2, 0.25) is 0 Å². The Balaban J connectivity index is 4.50. The van der Waals surface area contributed by atoms with E-state index in [0.717, 1.165) is 6.42 Å². The molecule has 0 aliphatic carbocycles.